The molecule has 21 heavy (non-hydrogen) atoms. The highest BCUT2D eigenvalue weighted by Crippen LogP contribution is 2.36. The number of fused-ring (bicyclic) bond motifs is 1. The van der Waals surface area contributed by atoms with Crippen LogP contribution in [0.2, 0.25) is 0 Å². The minimum atomic E-state index is 0. The number of nitrogens with two attached hydrogens (primary N) is 1. The molecule has 0 saturated heterocycles. The third-order valence-corrected chi connectivity index (χ3v) is 3.96. The summed E-state index contributed by atoms with van der Waals surface area (Å²) in [4.78, 5) is 6.66. The molecule has 1 aliphatic rings. The van der Waals surface area contributed by atoms with Gasteiger partial charge in [0.1, 0.15) is 0 Å². The van der Waals surface area contributed by atoms with Gasteiger partial charge in [-0.05, 0) is 49.1 Å². The Hall–Kier alpha value is -1.45. The Balaban J connectivity index is 0.00000110. The van der Waals surface area contributed by atoms with Crippen LogP contribution >= 0.6 is 24.8 Å². The van der Waals surface area contributed by atoms with Crippen molar-refractivity contribution in [2.45, 2.75) is 25.8 Å². The van der Waals surface area contributed by atoms with Crippen molar-refractivity contribution in [2.75, 3.05) is 17.2 Å². The van der Waals surface area contributed by atoms with Crippen molar-refractivity contribution in [3.63, 3.8) is 0 Å². The standard InChI is InChI=1S/C16H19N3.2ClH/c1-12(13-5-3-9-18-11-13)19-10-4-6-14-15(17)7-2-8-16(14)19;;/h2-3,5,7-9,11-12H,4,6,10,17H2,1H3;2*1H. The lowest BCUT2D eigenvalue weighted by atomic mass is 9.97. The molecule has 0 radical (unpaired) electrons. The summed E-state index contributed by atoms with van der Waals surface area (Å²) in [5, 5.41) is 0. The molecule has 3 nitrogen and oxygen atoms in total. The van der Waals surface area contributed by atoms with Crippen molar-refractivity contribution in [1.29, 1.82) is 0 Å². The summed E-state index contributed by atoms with van der Waals surface area (Å²) in [5.41, 5.74) is 10.8. The first-order valence-electron chi connectivity index (χ1n) is 6.81. The van der Waals surface area contributed by atoms with E-state index in [1.54, 1.807) is 0 Å². The zero-order valence-electron chi connectivity index (χ0n) is 12.0. The van der Waals surface area contributed by atoms with Gasteiger partial charge >= 0.3 is 0 Å². The third kappa shape index (κ3) is 3.42. The summed E-state index contributed by atoms with van der Waals surface area (Å²) >= 11 is 0. The van der Waals surface area contributed by atoms with Gasteiger partial charge in [0, 0.05) is 30.3 Å². The molecule has 1 unspecified atom stereocenters. The average molecular weight is 326 g/mol. The van der Waals surface area contributed by atoms with Gasteiger partial charge in [-0.25, -0.2) is 0 Å². The van der Waals surface area contributed by atoms with E-state index in [0.29, 0.717) is 6.04 Å². The number of hydrogen-bond donors (Lipinski definition) is 1. The summed E-state index contributed by atoms with van der Waals surface area (Å²) in [7, 11) is 0. The van der Waals surface area contributed by atoms with Crippen molar-refractivity contribution in [1.82, 2.24) is 4.98 Å². The number of rotatable bonds is 2. The maximum atomic E-state index is 6.10. The Labute approximate surface area is 138 Å². The van der Waals surface area contributed by atoms with Gasteiger partial charge in [0.2, 0.25) is 0 Å². The van der Waals surface area contributed by atoms with E-state index in [0.717, 1.165) is 25.1 Å². The highest BCUT2D eigenvalue weighted by atomic mass is 35.5. The second-order valence-corrected chi connectivity index (χ2v) is 5.10. The fraction of sp³-hybridized carbons (Fsp3) is 0.312. The van der Waals surface area contributed by atoms with Gasteiger partial charge in [-0.1, -0.05) is 12.1 Å². The Kier molecular flexibility index (Phi) is 6.31. The maximum Gasteiger partial charge on any atom is 0.0529 e. The topological polar surface area (TPSA) is 42.2 Å². The van der Waals surface area contributed by atoms with Crippen molar-refractivity contribution < 1.29 is 0 Å². The van der Waals surface area contributed by atoms with Crippen molar-refractivity contribution in [2.24, 2.45) is 0 Å². The van der Waals surface area contributed by atoms with E-state index in [-0.39, 0.29) is 24.8 Å². The van der Waals surface area contributed by atoms with E-state index in [2.05, 4.69) is 28.9 Å². The van der Waals surface area contributed by atoms with Crippen LogP contribution in [0.1, 0.15) is 30.5 Å². The van der Waals surface area contributed by atoms with Crippen LogP contribution in [0.5, 0.6) is 0 Å². The van der Waals surface area contributed by atoms with Crippen LogP contribution in [-0.4, -0.2) is 11.5 Å². The molecule has 0 amide bonds. The van der Waals surface area contributed by atoms with Crippen LogP contribution in [-0.2, 0) is 6.42 Å². The minimum absolute atomic E-state index is 0. The van der Waals surface area contributed by atoms with E-state index in [1.807, 2.05) is 30.6 Å². The molecular weight excluding hydrogens is 305 g/mol. The molecule has 1 aromatic heterocycles. The van der Waals surface area contributed by atoms with E-state index in [1.165, 1.54) is 16.8 Å². The van der Waals surface area contributed by atoms with Crippen molar-refractivity contribution in [3.05, 3.63) is 53.9 Å². The quantitative estimate of drug-likeness (QED) is 0.848. The average Bonchev–Trinajstić information content (AvgIpc) is 2.47. The molecule has 3 rings (SSSR count). The zero-order valence-corrected chi connectivity index (χ0v) is 13.7. The summed E-state index contributed by atoms with van der Waals surface area (Å²) in [6.45, 7) is 3.31. The van der Waals surface area contributed by atoms with Gasteiger partial charge in [0.15, 0.2) is 0 Å². The normalized spacial score (nSPS) is 14.4. The van der Waals surface area contributed by atoms with Gasteiger partial charge in [0.25, 0.3) is 0 Å². The van der Waals surface area contributed by atoms with E-state index < -0.39 is 0 Å². The molecule has 2 heterocycles. The van der Waals surface area contributed by atoms with Crippen LogP contribution in [0.3, 0.4) is 0 Å². The number of anilines is 2. The molecule has 1 atom stereocenters. The molecule has 0 aliphatic carbocycles. The maximum absolute atomic E-state index is 6.10. The van der Waals surface area contributed by atoms with Crippen molar-refractivity contribution in [3.8, 4) is 0 Å². The van der Waals surface area contributed by atoms with Gasteiger partial charge < -0.3 is 10.6 Å². The van der Waals surface area contributed by atoms with Crippen LogP contribution in [0, 0.1) is 0 Å². The lowest BCUT2D eigenvalue weighted by Gasteiger charge is -2.36. The summed E-state index contributed by atoms with van der Waals surface area (Å²) in [5.74, 6) is 0. The Morgan fingerprint density at radius 2 is 2.00 bits per heavy atom. The lowest BCUT2D eigenvalue weighted by molar-refractivity contribution is 0.615. The Morgan fingerprint density at radius 1 is 1.19 bits per heavy atom. The third-order valence-electron chi connectivity index (χ3n) is 3.96. The first-order chi connectivity index (χ1) is 9.27. The fourth-order valence-electron chi connectivity index (χ4n) is 2.89. The summed E-state index contributed by atoms with van der Waals surface area (Å²) in [6, 6.07) is 10.7. The second-order valence-electron chi connectivity index (χ2n) is 5.10. The predicted molar refractivity (Wildman–Crippen MR) is 93.7 cm³/mol. The molecule has 0 fully saturated rings. The molecule has 2 N–H and O–H groups in total. The van der Waals surface area contributed by atoms with Crippen LogP contribution in [0.4, 0.5) is 11.4 Å². The van der Waals surface area contributed by atoms with Crippen molar-refractivity contribution >= 4 is 36.2 Å². The molecule has 1 aliphatic heterocycles. The van der Waals surface area contributed by atoms with Crippen LogP contribution in [0.25, 0.3) is 0 Å². The highest BCUT2D eigenvalue weighted by molar-refractivity contribution is 5.85. The molecule has 5 heteroatoms. The molecule has 0 saturated carbocycles. The number of nitrogens with zero attached hydrogens (tertiary/aromatic N) is 2. The van der Waals surface area contributed by atoms with E-state index in [9.17, 15) is 0 Å². The monoisotopic (exact) mass is 325 g/mol. The second kappa shape index (κ2) is 7.53. The Bertz CT molecular complexity index is 575. The first-order valence-corrected chi connectivity index (χ1v) is 6.81. The molecule has 0 bridgehead atoms. The number of aromatic nitrogens is 1. The predicted octanol–water partition coefficient (Wildman–Crippen LogP) is 4.02. The Morgan fingerprint density at radius 3 is 2.71 bits per heavy atom. The van der Waals surface area contributed by atoms with Crippen LogP contribution in [0.15, 0.2) is 42.7 Å². The molecule has 2 aromatic rings. The van der Waals surface area contributed by atoms with E-state index >= 15 is 0 Å². The molecule has 114 valence electrons. The largest absolute Gasteiger partial charge is 0.398 e. The lowest BCUT2D eigenvalue weighted by Crippen LogP contribution is -2.32. The smallest absolute Gasteiger partial charge is 0.0529 e. The SMILES string of the molecule is CC(c1cccnc1)N1CCCc2c(N)cccc21.Cl.Cl. The van der Waals surface area contributed by atoms with Gasteiger partial charge in [-0.3, -0.25) is 4.98 Å². The zero-order chi connectivity index (χ0) is 13.2. The number of halogens is 2. The van der Waals surface area contributed by atoms with Gasteiger partial charge in [-0.2, -0.15) is 0 Å². The van der Waals surface area contributed by atoms with E-state index in [4.69, 9.17) is 5.73 Å². The summed E-state index contributed by atoms with van der Waals surface area (Å²) < 4.78 is 0. The summed E-state index contributed by atoms with van der Waals surface area (Å²) in [6.07, 6.45) is 6.01. The molecule has 1 aromatic carbocycles. The fourth-order valence-corrected chi connectivity index (χ4v) is 2.89. The van der Waals surface area contributed by atoms with Gasteiger partial charge in [0.05, 0.1) is 6.04 Å². The van der Waals surface area contributed by atoms with Gasteiger partial charge in [-0.15, -0.1) is 24.8 Å². The highest BCUT2D eigenvalue weighted by Gasteiger charge is 2.23. The number of pyridine rings is 1. The minimum Gasteiger partial charge on any atom is -0.398 e. The number of hydrogen-bond acceptors (Lipinski definition) is 3. The number of nitrogen functional groups attached to an aromatic ring is 1. The first kappa shape index (κ1) is 17.6. The number of benzene rings is 1. The van der Waals surface area contributed by atoms with Crippen LogP contribution < -0.4 is 10.6 Å². The molecular formula is C16H21Cl2N3. The molecule has 0 spiro atoms.